The molecule has 1 atom stereocenters. The second-order valence-electron chi connectivity index (χ2n) is 3.82. The topological polar surface area (TPSA) is 64.9 Å². The predicted molar refractivity (Wildman–Crippen MR) is 64.7 cm³/mol. The summed E-state index contributed by atoms with van der Waals surface area (Å²) < 4.78 is 18.5. The first kappa shape index (κ1) is 12.2. The van der Waals surface area contributed by atoms with Gasteiger partial charge in [0.2, 0.25) is 11.7 Å². The molecule has 0 aliphatic rings. The molecule has 0 aliphatic heterocycles. The van der Waals surface area contributed by atoms with Crippen LogP contribution >= 0.6 is 15.9 Å². The van der Waals surface area contributed by atoms with Crippen molar-refractivity contribution in [1.82, 2.24) is 10.1 Å². The maximum atomic E-state index is 13.1. The van der Waals surface area contributed by atoms with E-state index in [9.17, 15) is 4.39 Å². The lowest BCUT2D eigenvalue weighted by molar-refractivity contribution is 0.372. The number of rotatable bonds is 3. The SMILES string of the molecule is CC(N)Cc1nc(-c2ccc(F)c(Br)c2)no1. The van der Waals surface area contributed by atoms with Gasteiger partial charge in [-0.2, -0.15) is 4.98 Å². The lowest BCUT2D eigenvalue weighted by Gasteiger charge is -1.98. The van der Waals surface area contributed by atoms with Gasteiger partial charge in [0.15, 0.2) is 0 Å². The first-order valence-corrected chi connectivity index (χ1v) is 5.89. The largest absolute Gasteiger partial charge is 0.339 e. The van der Waals surface area contributed by atoms with Crippen LogP contribution in [0.2, 0.25) is 0 Å². The van der Waals surface area contributed by atoms with Crippen molar-refractivity contribution in [3.05, 3.63) is 34.4 Å². The lowest BCUT2D eigenvalue weighted by Crippen LogP contribution is -2.17. The molecule has 2 rings (SSSR count). The van der Waals surface area contributed by atoms with E-state index in [0.717, 1.165) is 0 Å². The van der Waals surface area contributed by atoms with Gasteiger partial charge in [-0.05, 0) is 41.1 Å². The van der Waals surface area contributed by atoms with Crippen LogP contribution in [0, 0.1) is 5.82 Å². The van der Waals surface area contributed by atoms with Gasteiger partial charge in [0.1, 0.15) is 5.82 Å². The Bertz CT molecular complexity index is 527. The van der Waals surface area contributed by atoms with Crippen molar-refractivity contribution in [2.45, 2.75) is 19.4 Å². The van der Waals surface area contributed by atoms with Gasteiger partial charge >= 0.3 is 0 Å². The molecule has 0 radical (unpaired) electrons. The van der Waals surface area contributed by atoms with Crippen molar-refractivity contribution < 1.29 is 8.91 Å². The number of halogens is 2. The molecule has 0 aliphatic carbocycles. The molecule has 2 N–H and O–H groups in total. The van der Waals surface area contributed by atoms with Crippen LogP contribution in [-0.2, 0) is 6.42 Å². The van der Waals surface area contributed by atoms with Crippen LogP contribution in [0.1, 0.15) is 12.8 Å². The fraction of sp³-hybridized carbons (Fsp3) is 0.273. The first-order valence-electron chi connectivity index (χ1n) is 5.10. The molecule has 0 fully saturated rings. The third kappa shape index (κ3) is 2.89. The highest BCUT2D eigenvalue weighted by atomic mass is 79.9. The molecule has 6 heteroatoms. The van der Waals surface area contributed by atoms with Crippen LogP contribution in [0.15, 0.2) is 27.2 Å². The minimum absolute atomic E-state index is 0.0387. The molecule has 1 unspecified atom stereocenters. The van der Waals surface area contributed by atoms with Crippen LogP contribution in [-0.4, -0.2) is 16.2 Å². The van der Waals surface area contributed by atoms with E-state index in [1.807, 2.05) is 6.92 Å². The molecule has 90 valence electrons. The fourth-order valence-electron chi connectivity index (χ4n) is 1.37. The van der Waals surface area contributed by atoms with E-state index in [-0.39, 0.29) is 11.9 Å². The Hall–Kier alpha value is -1.27. The van der Waals surface area contributed by atoms with E-state index < -0.39 is 0 Å². The van der Waals surface area contributed by atoms with Gasteiger partial charge in [-0.3, -0.25) is 0 Å². The molecule has 1 aromatic heterocycles. The number of hydrogen-bond acceptors (Lipinski definition) is 4. The molecule has 1 aromatic carbocycles. The number of benzene rings is 1. The van der Waals surface area contributed by atoms with Crippen LogP contribution < -0.4 is 5.73 Å². The Morgan fingerprint density at radius 2 is 2.29 bits per heavy atom. The summed E-state index contributed by atoms with van der Waals surface area (Å²) in [6.07, 6.45) is 0.523. The summed E-state index contributed by atoms with van der Waals surface area (Å²) in [7, 11) is 0. The maximum Gasteiger partial charge on any atom is 0.228 e. The Labute approximate surface area is 106 Å². The predicted octanol–water partition coefficient (Wildman–Crippen LogP) is 2.53. The van der Waals surface area contributed by atoms with Crippen LogP contribution in [0.4, 0.5) is 4.39 Å². The van der Waals surface area contributed by atoms with E-state index in [0.29, 0.717) is 28.2 Å². The van der Waals surface area contributed by atoms with E-state index >= 15 is 0 Å². The fourth-order valence-corrected chi connectivity index (χ4v) is 1.74. The lowest BCUT2D eigenvalue weighted by atomic mass is 10.2. The smallest absolute Gasteiger partial charge is 0.228 e. The van der Waals surface area contributed by atoms with Crippen molar-refractivity contribution in [3.8, 4) is 11.4 Å². The molecule has 0 saturated heterocycles. The van der Waals surface area contributed by atoms with Gasteiger partial charge < -0.3 is 10.3 Å². The summed E-state index contributed by atoms with van der Waals surface area (Å²) in [5.41, 5.74) is 6.32. The normalized spacial score (nSPS) is 12.7. The van der Waals surface area contributed by atoms with Crippen LogP contribution in [0.5, 0.6) is 0 Å². The monoisotopic (exact) mass is 299 g/mol. The summed E-state index contributed by atoms with van der Waals surface area (Å²) >= 11 is 3.11. The van der Waals surface area contributed by atoms with E-state index in [1.54, 1.807) is 12.1 Å². The molecule has 1 heterocycles. The van der Waals surface area contributed by atoms with E-state index in [4.69, 9.17) is 10.3 Å². The van der Waals surface area contributed by atoms with Gasteiger partial charge in [-0.15, -0.1) is 0 Å². The molecule has 0 bridgehead atoms. The average molecular weight is 300 g/mol. The summed E-state index contributed by atoms with van der Waals surface area (Å²) in [5.74, 6) is 0.588. The molecule has 17 heavy (non-hydrogen) atoms. The summed E-state index contributed by atoms with van der Waals surface area (Å²) in [6, 6.07) is 4.51. The zero-order valence-electron chi connectivity index (χ0n) is 9.15. The Morgan fingerprint density at radius 1 is 1.53 bits per heavy atom. The highest BCUT2D eigenvalue weighted by Crippen LogP contribution is 2.23. The van der Waals surface area contributed by atoms with Gasteiger partial charge in [-0.1, -0.05) is 5.16 Å². The molecule has 0 saturated carbocycles. The molecule has 2 aromatic rings. The van der Waals surface area contributed by atoms with Gasteiger partial charge in [0, 0.05) is 18.0 Å². The first-order chi connectivity index (χ1) is 8.06. The Kier molecular flexibility index (Phi) is 3.54. The van der Waals surface area contributed by atoms with Crippen molar-refractivity contribution >= 4 is 15.9 Å². The van der Waals surface area contributed by atoms with E-state index in [1.165, 1.54) is 6.07 Å². The second kappa shape index (κ2) is 4.93. The number of nitrogens with two attached hydrogens (primary N) is 1. The average Bonchev–Trinajstić information content (AvgIpc) is 2.69. The Morgan fingerprint density at radius 3 is 2.94 bits per heavy atom. The van der Waals surface area contributed by atoms with Crippen molar-refractivity contribution in [3.63, 3.8) is 0 Å². The third-order valence-electron chi connectivity index (χ3n) is 2.14. The molecular formula is C11H11BrFN3O. The third-order valence-corrected chi connectivity index (χ3v) is 2.75. The zero-order valence-corrected chi connectivity index (χ0v) is 10.7. The quantitative estimate of drug-likeness (QED) is 0.946. The summed E-state index contributed by atoms with van der Waals surface area (Å²) in [5, 5.41) is 3.83. The van der Waals surface area contributed by atoms with Crippen LogP contribution in [0.25, 0.3) is 11.4 Å². The van der Waals surface area contributed by atoms with Crippen molar-refractivity contribution in [2.75, 3.05) is 0 Å². The molecule has 0 spiro atoms. The standard InChI is InChI=1S/C11H11BrFN3O/c1-6(14)4-10-15-11(16-17-10)7-2-3-9(13)8(12)5-7/h2-3,5-6H,4,14H2,1H3. The van der Waals surface area contributed by atoms with Crippen LogP contribution in [0.3, 0.4) is 0 Å². The summed E-state index contributed by atoms with van der Waals surface area (Å²) in [6.45, 7) is 1.86. The molecule has 0 amide bonds. The number of nitrogens with zero attached hydrogens (tertiary/aromatic N) is 2. The highest BCUT2D eigenvalue weighted by molar-refractivity contribution is 9.10. The van der Waals surface area contributed by atoms with E-state index in [2.05, 4.69) is 26.1 Å². The minimum atomic E-state index is -0.326. The molecular weight excluding hydrogens is 289 g/mol. The van der Waals surface area contributed by atoms with Gasteiger partial charge in [0.25, 0.3) is 0 Å². The second-order valence-corrected chi connectivity index (χ2v) is 4.68. The van der Waals surface area contributed by atoms with Crippen molar-refractivity contribution in [2.24, 2.45) is 5.73 Å². The summed E-state index contributed by atoms with van der Waals surface area (Å²) in [4.78, 5) is 4.19. The molecule has 4 nitrogen and oxygen atoms in total. The van der Waals surface area contributed by atoms with Gasteiger partial charge in [-0.25, -0.2) is 4.39 Å². The minimum Gasteiger partial charge on any atom is -0.339 e. The number of hydrogen-bond donors (Lipinski definition) is 1. The Balaban J connectivity index is 2.27. The highest BCUT2D eigenvalue weighted by Gasteiger charge is 2.11. The maximum absolute atomic E-state index is 13.1. The van der Waals surface area contributed by atoms with Gasteiger partial charge in [0.05, 0.1) is 4.47 Å². The number of aromatic nitrogens is 2. The zero-order chi connectivity index (χ0) is 12.4. The van der Waals surface area contributed by atoms with Crippen molar-refractivity contribution in [1.29, 1.82) is 0 Å².